The molecule has 2 rings (SSSR count). The summed E-state index contributed by atoms with van der Waals surface area (Å²) >= 11 is 0. The van der Waals surface area contributed by atoms with E-state index in [-0.39, 0.29) is 11.8 Å². The van der Waals surface area contributed by atoms with Crippen LogP contribution >= 0.6 is 0 Å². The third kappa shape index (κ3) is 4.24. The summed E-state index contributed by atoms with van der Waals surface area (Å²) in [4.78, 5) is 27.8. The Morgan fingerprint density at radius 1 is 1.09 bits per heavy atom. The molecule has 1 saturated heterocycles. The van der Waals surface area contributed by atoms with E-state index in [0.717, 1.165) is 35.4 Å². The van der Waals surface area contributed by atoms with Crippen LogP contribution in [0.15, 0.2) is 12.1 Å². The van der Waals surface area contributed by atoms with Crippen molar-refractivity contribution in [1.82, 2.24) is 9.80 Å². The van der Waals surface area contributed by atoms with Crippen LogP contribution in [0, 0.1) is 13.8 Å². The maximum atomic E-state index is 12.7. The Hall–Kier alpha value is -2.04. The summed E-state index contributed by atoms with van der Waals surface area (Å²) in [5.41, 5.74) is 3.16. The summed E-state index contributed by atoms with van der Waals surface area (Å²) in [5, 5.41) is 0. The quantitative estimate of drug-likeness (QED) is 0.856. The second kappa shape index (κ2) is 7.49. The van der Waals surface area contributed by atoms with Gasteiger partial charge in [-0.05, 0) is 37.5 Å². The molecule has 1 aliphatic rings. The van der Waals surface area contributed by atoms with E-state index in [1.807, 2.05) is 29.7 Å². The number of methoxy groups -OCH3 is 1. The number of benzene rings is 1. The molecule has 0 aromatic heterocycles. The summed E-state index contributed by atoms with van der Waals surface area (Å²) in [6.07, 6.45) is 1.17. The summed E-state index contributed by atoms with van der Waals surface area (Å²) < 4.78 is 5.44. The van der Waals surface area contributed by atoms with Gasteiger partial charge in [-0.2, -0.15) is 0 Å². The Balaban J connectivity index is 2.09. The number of hydrogen-bond acceptors (Lipinski definition) is 3. The van der Waals surface area contributed by atoms with Crippen LogP contribution < -0.4 is 4.74 Å². The Bertz CT molecular complexity index is 598. The molecule has 126 valence electrons. The number of ether oxygens (including phenoxy) is 1. The number of carbonyl (C=O) groups is 2. The minimum Gasteiger partial charge on any atom is -0.496 e. The van der Waals surface area contributed by atoms with Crippen molar-refractivity contribution in [2.75, 3.05) is 33.3 Å². The first-order valence-corrected chi connectivity index (χ1v) is 8.09. The van der Waals surface area contributed by atoms with Gasteiger partial charge in [0.2, 0.25) is 11.8 Å². The Morgan fingerprint density at radius 2 is 1.74 bits per heavy atom. The van der Waals surface area contributed by atoms with Crippen molar-refractivity contribution in [1.29, 1.82) is 0 Å². The van der Waals surface area contributed by atoms with E-state index in [0.29, 0.717) is 26.1 Å². The van der Waals surface area contributed by atoms with E-state index in [9.17, 15) is 9.59 Å². The molecule has 5 heteroatoms. The van der Waals surface area contributed by atoms with E-state index in [1.165, 1.54) is 0 Å². The molecule has 0 N–H and O–H groups in total. The molecule has 5 nitrogen and oxygen atoms in total. The molecule has 0 radical (unpaired) electrons. The van der Waals surface area contributed by atoms with Crippen LogP contribution in [-0.4, -0.2) is 54.9 Å². The second-order valence-electron chi connectivity index (χ2n) is 6.18. The van der Waals surface area contributed by atoms with Crippen molar-refractivity contribution in [3.05, 3.63) is 28.8 Å². The highest BCUT2D eigenvalue weighted by molar-refractivity contribution is 5.80. The average molecular weight is 318 g/mol. The predicted octanol–water partition coefficient (Wildman–Crippen LogP) is 1.94. The van der Waals surface area contributed by atoms with Gasteiger partial charge in [0.15, 0.2) is 0 Å². The maximum absolute atomic E-state index is 12.7. The van der Waals surface area contributed by atoms with Crippen LogP contribution in [0.4, 0.5) is 0 Å². The maximum Gasteiger partial charge on any atom is 0.227 e. The summed E-state index contributed by atoms with van der Waals surface area (Å²) in [7, 11) is 1.64. The molecule has 1 aliphatic heterocycles. The molecule has 0 spiro atoms. The highest BCUT2D eigenvalue weighted by Crippen LogP contribution is 2.25. The number of carbonyl (C=O) groups excluding carboxylic acids is 2. The average Bonchev–Trinajstić information content (AvgIpc) is 2.75. The topological polar surface area (TPSA) is 49.9 Å². The smallest absolute Gasteiger partial charge is 0.227 e. The van der Waals surface area contributed by atoms with E-state index in [2.05, 4.69) is 6.07 Å². The molecular formula is C18H26N2O3. The zero-order chi connectivity index (χ0) is 17.0. The molecule has 0 bridgehead atoms. The number of nitrogens with zero attached hydrogens (tertiary/aromatic N) is 2. The zero-order valence-corrected chi connectivity index (χ0v) is 14.5. The molecule has 1 fully saturated rings. The van der Waals surface area contributed by atoms with Gasteiger partial charge in [-0.15, -0.1) is 0 Å². The Kier molecular flexibility index (Phi) is 5.64. The van der Waals surface area contributed by atoms with Crippen LogP contribution in [0.25, 0.3) is 0 Å². The Labute approximate surface area is 138 Å². The van der Waals surface area contributed by atoms with Gasteiger partial charge in [-0.3, -0.25) is 9.59 Å². The molecule has 0 atom stereocenters. The van der Waals surface area contributed by atoms with Crippen molar-refractivity contribution in [3.63, 3.8) is 0 Å². The van der Waals surface area contributed by atoms with Gasteiger partial charge >= 0.3 is 0 Å². The van der Waals surface area contributed by atoms with Gasteiger partial charge in [-0.1, -0.05) is 6.07 Å². The summed E-state index contributed by atoms with van der Waals surface area (Å²) in [6.45, 7) is 8.26. The standard InChI is InChI=1S/C18H26N2O3/c1-13-10-14(2)16(17(11-13)23-4)12-18(22)20-7-5-6-19(8-9-20)15(3)21/h10-11H,5-9,12H2,1-4H3. The third-order valence-electron chi connectivity index (χ3n) is 4.42. The minimum absolute atomic E-state index is 0.0790. The van der Waals surface area contributed by atoms with Gasteiger partial charge in [-0.25, -0.2) is 0 Å². The highest BCUT2D eigenvalue weighted by atomic mass is 16.5. The second-order valence-corrected chi connectivity index (χ2v) is 6.18. The van der Waals surface area contributed by atoms with Crippen LogP contribution in [0.3, 0.4) is 0 Å². The lowest BCUT2D eigenvalue weighted by Gasteiger charge is -2.22. The van der Waals surface area contributed by atoms with Crippen molar-refractivity contribution in [2.45, 2.75) is 33.6 Å². The van der Waals surface area contributed by atoms with Gasteiger partial charge in [0.1, 0.15) is 5.75 Å². The lowest BCUT2D eigenvalue weighted by molar-refractivity contribution is -0.132. The van der Waals surface area contributed by atoms with Crippen molar-refractivity contribution in [2.24, 2.45) is 0 Å². The number of amides is 2. The fourth-order valence-electron chi connectivity index (χ4n) is 3.11. The molecule has 0 aliphatic carbocycles. The fourth-order valence-corrected chi connectivity index (χ4v) is 3.11. The molecule has 0 unspecified atom stereocenters. The highest BCUT2D eigenvalue weighted by Gasteiger charge is 2.22. The molecule has 23 heavy (non-hydrogen) atoms. The van der Waals surface area contributed by atoms with Crippen LogP contribution in [0.5, 0.6) is 5.75 Å². The van der Waals surface area contributed by atoms with Gasteiger partial charge in [0, 0.05) is 38.7 Å². The van der Waals surface area contributed by atoms with E-state index < -0.39 is 0 Å². The van der Waals surface area contributed by atoms with Crippen LogP contribution in [0.1, 0.15) is 30.0 Å². The number of hydrogen-bond donors (Lipinski definition) is 0. The van der Waals surface area contributed by atoms with E-state index in [1.54, 1.807) is 14.0 Å². The van der Waals surface area contributed by atoms with E-state index >= 15 is 0 Å². The van der Waals surface area contributed by atoms with Crippen molar-refractivity contribution in [3.8, 4) is 5.75 Å². The number of rotatable bonds is 3. The van der Waals surface area contributed by atoms with Crippen LogP contribution in [0.2, 0.25) is 0 Å². The summed E-state index contributed by atoms with van der Waals surface area (Å²) in [6, 6.07) is 4.04. The van der Waals surface area contributed by atoms with Crippen molar-refractivity contribution >= 4 is 11.8 Å². The first kappa shape index (κ1) is 17.3. The molecule has 1 aromatic carbocycles. The predicted molar refractivity (Wildman–Crippen MR) is 89.6 cm³/mol. The first-order valence-electron chi connectivity index (χ1n) is 8.09. The van der Waals surface area contributed by atoms with Crippen molar-refractivity contribution < 1.29 is 14.3 Å². The molecule has 2 amide bonds. The molecular weight excluding hydrogens is 292 g/mol. The zero-order valence-electron chi connectivity index (χ0n) is 14.5. The lowest BCUT2D eigenvalue weighted by Crippen LogP contribution is -2.37. The number of aryl methyl sites for hydroxylation is 2. The van der Waals surface area contributed by atoms with Crippen LogP contribution in [-0.2, 0) is 16.0 Å². The minimum atomic E-state index is 0.0790. The molecule has 0 saturated carbocycles. The summed E-state index contributed by atoms with van der Waals surface area (Å²) in [5.74, 6) is 0.951. The van der Waals surface area contributed by atoms with E-state index in [4.69, 9.17) is 4.74 Å². The normalized spacial score (nSPS) is 15.3. The first-order chi connectivity index (χ1) is 10.9. The third-order valence-corrected chi connectivity index (χ3v) is 4.42. The monoisotopic (exact) mass is 318 g/mol. The molecule has 1 heterocycles. The lowest BCUT2D eigenvalue weighted by atomic mass is 10.0. The van der Waals surface area contributed by atoms with Gasteiger partial charge in [0.05, 0.1) is 13.5 Å². The van der Waals surface area contributed by atoms with Gasteiger partial charge in [0.25, 0.3) is 0 Å². The largest absolute Gasteiger partial charge is 0.496 e. The SMILES string of the molecule is COc1cc(C)cc(C)c1CC(=O)N1CCCN(C(C)=O)CC1. The fraction of sp³-hybridized carbons (Fsp3) is 0.556. The molecule has 1 aromatic rings. The Morgan fingerprint density at radius 3 is 2.39 bits per heavy atom. The van der Waals surface area contributed by atoms with Gasteiger partial charge < -0.3 is 14.5 Å².